The van der Waals surface area contributed by atoms with Gasteiger partial charge in [0, 0.05) is 23.5 Å². The molecule has 0 bridgehead atoms. The molecule has 2 aromatic rings. The third kappa shape index (κ3) is 4.32. The monoisotopic (exact) mass is 266 g/mol. The second-order valence-electron chi connectivity index (χ2n) is 3.79. The fourth-order valence-electron chi connectivity index (χ4n) is 1.62. The van der Waals surface area contributed by atoms with Crippen molar-refractivity contribution in [3.05, 3.63) is 36.0 Å². The van der Waals surface area contributed by atoms with Gasteiger partial charge in [0.25, 0.3) is 0 Å². The van der Waals surface area contributed by atoms with Crippen LogP contribution in [0.3, 0.4) is 0 Å². The Labute approximate surface area is 108 Å². The molecule has 0 aliphatic heterocycles. The Morgan fingerprint density at radius 2 is 1.79 bits per heavy atom. The number of para-hydroxylation sites is 1. The van der Waals surface area contributed by atoms with Crippen LogP contribution in [0.25, 0.3) is 10.9 Å². The molecular weight excluding hydrogens is 252 g/mol. The Bertz CT molecular complexity index is 574. The van der Waals surface area contributed by atoms with E-state index in [1.54, 1.807) is 0 Å². The van der Waals surface area contributed by atoms with Crippen LogP contribution < -0.4 is 5.73 Å². The Morgan fingerprint density at radius 1 is 1.21 bits per heavy atom. The first-order chi connectivity index (χ1) is 8.91. The molecule has 0 amide bonds. The lowest BCUT2D eigenvalue weighted by Gasteiger charge is -2.04. The lowest BCUT2D eigenvalue weighted by Crippen LogP contribution is -2.32. The van der Waals surface area contributed by atoms with E-state index in [1.165, 1.54) is 0 Å². The zero-order chi connectivity index (χ0) is 14.4. The molecule has 0 aliphatic carbocycles. The van der Waals surface area contributed by atoms with E-state index >= 15 is 0 Å². The molecule has 1 aromatic carbocycles. The summed E-state index contributed by atoms with van der Waals surface area (Å²) >= 11 is 0. The fraction of sp³-hybridized carbons (Fsp3) is 0.167. The Morgan fingerprint density at radius 3 is 2.37 bits per heavy atom. The second kappa shape index (κ2) is 6.41. The van der Waals surface area contributed by atoms with Crippen LogP contribution in [-0.2, 0) is 11.2 Å². The SMILES string of the molecule is NC(Cc1c[nH]c2ccccc12)C(=O)O.O=C(O)O. The highest BCUT2D eigenvalue weighted by molar-refractivity contribution is 5.84. The van der Waals surface area contributed by atoms with Crippen LogP contribution in [0.1, 0.15) is 5.56 Å². The maximum atomic E-state index is 10.6. The summed E-state index contributed by atoms with van der Waals surface area (Å²) in [5, 5.41) is 23.7. The van der Waals surface area contributed by atoms with Crippen LogP contribution in [0.15, 0.2) is 30.5 Å². The molecule has 0 fully saturated rings. The number of fused-ring (bicyclic) bond motifs is 1. The number of carboxylic acid groups (broad SMARTS) is 3. The van der Waals surface area contributed by atoms with E-state index in [9.17, 15) is 4.79 Å². The van der Waals surface area contributed by atoms with Gasteiger partial charge in [-0.1, -0.05) is 18.2 Å². The lowest BCUT2D eigenvalue weighted by molar-refractivity contribution is -0.138. The van der Waals surface area contributed by atoms with Crippen molar-refractivity contribution < 1.29 is 24.9 Å². The molecule has 0 spiro atoms. The van der Waals surface area contributed by atoms with Crippen LogP contribution in [0.5, 0.6) is 0 Å². The minimum absolute atomic E-state index is 0.347. The molecule has 102 valence electrons. The summed E-state index contributed by atoms with van der Waals surface area (Å²) in [4.78, 5) is 22.3. The smallest absolute Gasteiger partial charge is 0.480 e. The predicted octanol–water partition coefficient (Wildman–Crippen LogP) is 1.34. The van der Waals surface area contributed by atoms with Crippen molar-refractivity contribution in [2.75, 3.05) is 0 Å². The molecule has 7 nitrogen and oxygen atoms in total. The number of carboxylic acids is 1. The molecule has 0 saturated carbocycles. The number of nitrogens with two attached hydrogens (primary N) is 1. The topological polar surface area (TPSA) is 137 Å². The summed E-state index contributed by atoms with van der Waals surface area (Å²) < 4.78 is 0. The first-order valence-corrected chi connectivity index (χ1v) is 5.37. The van der Waals surface area contributed by atoms with E-state index in [1.807, 2.05) is 30.5 Å². The van der Waals surface area contributed by atoms with Crippen molar-refractivity contribution in [3.63, 3.8) is 0 Å². The van der Waals surface area contributed by atoms with E-state index in [4.69, 9.17) is 25.8 Å². The highest BCUT2D eigenvalue weighted by atomic mass is 16.6. The van der Waals surface area contributed by atoms with Crippen molar-refractivity contribution in [1.82, 2.24) is 4.98 Å². The van der Waals surface area contributed by atoms with Gasteiger partial charge in [-0.3, -0.25) is 4.79 Å². The van der Waals surface area contributed by atoms with Crippen LogP contribution in [0, 0.1) is 0 Å². The van der Waals surface area contributed by atoms with Gasteiger partial charge >= 0.3 is 12.1 Å². The zero-order valence-electron chi connectivity index (χ0n) is 9.91. The van der Waals surface area contributed by atoms with Gasteiger partial charge in [-0.2, -0.15) is 0 Å². The third-order valence-corrected chi connectivity index (χ3v) is 2.43. The molecule has 1 atom stereocenters. The van der Waals surface area contributed by atoms with Gasteiger partial charge in [0.15, 0.2) is 0 Å². The maximum absolute atomic E-state index is 10.6. The van der Waals surface area contributed by atoms with Crippen molar-refractivity contribution in [2.24, 2.45) is 5.73 Å². The highest BCUT2D eigenvalue weighted by Crippen LogP contribution is 2.18. The van der Waals surface area contributed by atoms with Crippen LogP contribution in [0.4, 0.5) is 4.79 Å². The number of H-pyrrole nitrogens is 1. The number of carbonyl (C=O) groups is 2. The summed E-state index contributed by atoms with van der Waals surface area (Å²) in [5.41, 5.74) is 7.43. The molecule has 0 saturated heterocycles. The van der Waals surface area contributed by atoms with Gasteiger partial charge in [-0.15, -0.1) is 0 Å². The fourth-order valence-corrected chi connectivity index (χ4v) is 1.62. The molecule has 19 heavy (non-hydrogen) atoms. The quantitative estimate of drug-likeness (QED) is 0.568. The normalized spacial score (nSPS) is 11.4. The summed E-state index contributed by atoms with van der Waals surface area (Å²) in [6, 6.07) is 6.91. The van der Waals surface area contributed by atoms with E-state index in [2.05, 4.69) is 4.98 Å². The first kappa shape index (κ1) is 14.5. The van der Waals surface area contributed by atoms with Gasteiger partial charge in [-0.05, 0) is 11.6 Å². The van der Waals surface area contributed by atoms with Crippen LogP contribution in [0.2, 0.25) is 0 Å². The van der Waals surface area contributed by atoms with E-state index in [0.717, 1.165) is 16.5 Å². The van der Waals surface area contributed by atoms with E-state index in [0.29, 0.717) is 6.42 Å². The highest BCUT2D eigenvalue weighted by Gasteiger charge is 2.14. The summed E-state index contributed by atoms with van der Waals surface area (Å²) in [7, 11) is 0. The standard InChI is InChI=1S/C11H12N2O2.CH2O3/c12-9(11(14)15)5-7-6-13-10-4-2-1-3-8(7)10;2-1(3)4/h1-4,6,9,13H,5,12H2,(H,14,15);(H2,2,3,4). The van der Waals surface area contributed by atoms with Gasteiger partial charge in [0.1, 0.15) is 6.04 Å². The largest absolute Gasteiger partial charge is 0.503 e. The molecule has 0 radical (unpaired) electrons. The molecule has 2 rings (SSSR count). The van der Waals surface area contributed by atoms with Gasteiger partial charge in [-0.25, -0.2) is 4.79 Å². The average molecular weight is 266 g/mol. The molecule has 0 aliphatic rings. The molecule has 1 aromatic heterocycles. The van der Waals surface area contributed by atoms with Crippen molar-refractivity contribution >= 4 is 23.0 Å². The summed E-state index contributed by atoms with van der Waals surface area (Å²) in [5.74, 6) is -0.972. The minimum Gasteiger partial charge on any atom is -0.480 e. The van der Waals surface area contributed by atoms with Crippen molar-refractivity contribution in [2.45, 2.75) is 12.5 Å². The third-order valence-electron chi connectivity index (χ3n) is 2.43. The molecule has 6 N–H and O–H groups in total. The number of nitrogens with one attached hydrogen (secondary N) is 1. The van der Waals surface area contributed by atoms with Crippen molar-refractivity contribution in [3.8, 4) is 0 Å². The zero-order valence-corrected chi connectivity index (χ0v) is 9.91. The molecule has 1 unspecified atom stereocenters. The summed E-state index contributed by atoms with van der Waals surface area (Å²) in [6.07, 6.45) is 0.326. The maximum Gasteiger partial charge on any atom is 0.503 e. The van der Waals surface area contributed by atoms with E-state index < -0.39 is 18.2 Å². The number of hydrogen-bond donors (Lipinski definition) is 5. The Kier molecular flexibility index (Phi) is 4.90. The summed E-state index contributed by atoms with van der Waals surface area (Å²) in [6.45, 7) is 0. The number of benzene rings is 1. The van der Waals surface area contributed by atoms with Crippen molar-refractivity contribution in [1.29, 1.82) is 0 Å². The average Bonchev–Trinajstić information content (AvgIpc) is 2.72. The second-order valence-corrected chi connectivity index (χ2v) is 3.79. The number of aromatic amines is 1. The van der Waals surface area contributed by atoms with Gasteiger partial charge in [0.2, 0.25) is 0 Å². The molecular formula is C12H14N2O5. The Balaban J connectivity index is 0.000000399. The number of aliphatic carboxylic acids is 1. The lowest BCUT2D eigenvalue weighted by atomic mass is 10.1. The first-order valence-electron chi connectivity index (χ1n) is 5.37. The minimum atomic E-state index is -1.83. The number of rotatable bonds is 3. The number of aromatic nitrogens is 1. The van der Waals surface area contributed by atoms with Gasteiger partial charge in [0.05, 0.1) is 0 Å². The van der Waals surface area contributed by atoms with Crippen LogP contribution in [-0.4, -0.2) is 38.5 Å². The van der Waals surface area contributed by atoms with E-state index in [-0.39, 0.29) is 0 Å². The molecule has 1 heterocycles. The van der Waals surface area contributed by atoms with Crippen LogP contribution >= 0.6 is 0 Å². The number of hydrogen-bond acceptors (Lipinski definition) is 3. The predicted molar refractivity (Wildman–Crippen MR) is 68.3 cm³/mol. The molecule has 7 heteroatoms. The van der Waals surface area contributed by atoms with Gasteiger partial charge < -0.3 is 26.0 Å². The Hall–Kier alpha value is -2.54.